The third-order valence-electron chi connectivity index (χ3n) is 3.79. The van der Waals surface area contributed by atoms with Crippen molar-refractivity contribution < 1.29 is 13.2 Å². The van der Waals surface area contributed by atoms with E-state index in [0.717, 1.165) is 11.1 Å². The maximum atomic E-state index is 12.8. The molecule has 1 heterocycles. The highest BCUT2D eigenvalue weighted by Gasteiger charge is 2.21. The Morgan fingerprint density at radius 1 is 1.11 bits per heavy atom. The van der Waals surface area contributed by atoms with Crippen molar-refractivity contribution in [1.29, 1.82) is 0 Å². The smallest absolute Gasteiger partial charge is 0.263 e. The average molecular weight is 448 g/mol. The minimum absolute atomic E-state index is 0.0371. The Labute approximate surface area is 166 Å². The summed E-state index contributed by atoms with van der Waals surface area (Å²) < 4.78 is 34.3. The number of hydrogen-bond acceptors (Lipinski definition) is 5. The Morgan fingerprint density at radius 2 is 1.85 bits per heavy atom. The minimum Gasteiger partial charge on any atom is -0.470 e. The van der Waals surface area contributed by atoms with Crippen LogP contribution in [0.4, 0.5) is 5.82 Å². The molecule has 27 heavy (non-hydrogen) atoms. The third-order valence-corrected chi connectivity index (χ3v) is 5.66. The van der Waals surface area contributed by atoms with Crippen molar-refractivity contribution in [3.63, 3.8) is 0 Å². The Kier molecular flexibility index (Phi) is 5.76. The molecule has 3 rings (SSSR count). The molecular formula is C19H18BrN3O3S. The van der Waals surface area contributed by atoms with Crippen molar-refractivity contribution in [3.05, 3.63) is 76.0 Å². The van der Waals surface area contributed by atoms with Crippen molar-refractivity contribution in [2.24, 2.45) is 0 Å². The SMILES string of the molecule is Cc1ccc(C)c(S(=O)(=O)Nc2ncc(Br)nc2OCc2ccccc2)c1. The van der Waals surface area contributed by atoms with Gasteiger partial charge in [-0.05, 0) is 52.5 Å². The molecular weight excluding hydrogens is 430 g/mol. The molecule has 6 nitrogen and oxygen atoms in total. The quantitative estimate of drug-likeness (QED) is 0.610. The van der Waals surface area contributed by atoms with E-state index < -0.39 is 10.0 Å². The van der Waals surface area contributed by atoms with Crippen LogP contribution in [0.15, 0.2) is 64.2 Å². The summed E-state index contributed by atoms with van der Waals surface area (Å²) in [5.74, 6) is 0.136. The van der Waals surface area contributed by atoms with Crippen molar-refractivity contribution in [3.8, 4) is 5.88 Å². The fraction of sp³-hybridized carbons (Fsp3) is 0.158. The van der Waals surface area contributed by atoms with Crippen molar-refractivity contribution in [2.75, 3.05) is 4.72 Å². The Bertz CT molecular complexity index is 1060. The van der Waals surface area contributed by atoms with E-state index in [0.29, 0.717) is 10.2 Å². The van der Waals surface area contributed by atoms with E-state index in [1.807, 2.05) is 43.3 Å². The van der Waals surface area contributed by atoms with Gasteiger partial charge in [0.2, 0.25) is 5.82 Å². The van der Waals surface area contributed by atoms with Crippen LogP contribution < -0.4 is 9.46 Å². The lowest BCUT2D eigenvalue weighted by atomic mass is 10.2. The van der Waals surface area contributed by atoms with E-state index in [4.69, 9.17) is 4.74 Å². The number of halogens is 1. The first-order valence-electron chi connectivity index (χ1n) is 8.14. The highest BCUT2D eigenvalue weighted by Crippen LogP contribution is 2.26. The van der Waals surface area contributed by atoms with Gasteiger partial charge in [0.05, 0.1) is 11.1 Å². The van der Waals surface area contributed by atoms with Gasteiger partial charge in [0.1, 0.15) is 11.2 Å². The van der Waals surface area contributed by atoms with Gasteiger partial charge in [-0.15, -0.1) is 0 Å². The van der Waals surface area contributed by atoms with Gasteiger partial charge in [-0.25, -0.2) is 18.4 Å². The zero-order chi connectivity index (χ0) is 19.4. The lowest BCUT2D eigenvalue weighted by molar-refractivity contribution is 0.294. The summed E-state index contributed by atoms with van der Waals surface area (Å²) in [7, 11) is -3.83. The molecule has 0 atom stereocenters. The summed E-state index contributed by atoms with van der Waals surface area (Å²) in [4.78, 5) is 8.54. The number of rotatable bonds is 6. The molecule has 0 aliphatic carbocycles. The van der Waals surface area contributed by atoms with E-state index >= 15 is 0 Å². The number of anilines is 1. The van der Waals surface area contributed by atoms with E-state index in [-0.39, 0.29) is 23.2 Å². The maximum absolute atomic E-state index is 12.8. The molecule has 0 unspecified atom stereocenters. The molecule has 3 aromatic rings. The van der Waals surface area contributed by atoms with E-state index in [1.54, 1.807) is 19.1 Å². The van der Waals surface area contributed by atoms with Crippen molar-refractivity contribution in [1.82, 2.24) is 9.97 Å². The summed E-state index contributed by atoms with van der Waals surface area (Å²) >= 11 is 3.24. The molecule has 0 aliphatic rings. The average Bonchev–Trinajstić information content (AvgIpc) is 2.64. The molecule has 0 bridgehead atoms. The highest BCUT2D eigenvalue weighted by molar-refractivity contribution is 9.10. The van der Waals surface area contributed by atoms with Gasteiger partial charge in [-0.3, -0.25) is 4.72 Å². The highest BCUT2D eigenvalue weighted by atomic mass is 79.9. The van der Waals surface area contributed by atoms with Crippen LogP contribution in [-0.4, -0.2) is 18.4 Å². The van der Waals surface area contributed by atoms with Crippen molar-refractivity contribution >= 4 is 31.8 Å². The van der Waals surface area contributed by atoms with Crippen LogP contribution in [0.1, 0.15) is 16.7 Å². The maximum Gasteiger partial charge on any atom is 0.263 e. The molecule has 0 saturated carbocycles. The van der Waals surface area contributed by atoms with Crippen LogP contribution in [-0.2, 0) is 16.6 Å². The van der Waals surface area contributed by atoms with Gasteiger partial charge in [0.15, 0.2) is 0 Å². The second-order valence-electron chi connectivity index (χ2n) is 6.00. The van der Waals surface area contributed by atoms with Gasteiger partial charge in [0, 0.05) is 0 Å². The first kappa shape index (κ1) is 19.3. The summed E-state index contributed by atoms with van der Waals surface area (Å²) in [5, 5.41) is 0. The topological polar surface area (TPSA) is 81.2 Å². The zero-order valence-electron chi connectivity index (χ0n) is 14.8. The molecule has 0 saturated heterocycles. The number of hydrogen-bond donors (Lipinski definition) is 1. The number of nitrogens with zero attached hydrogens (tertiary/aromatic N) is 2. The largest absolute Gasteiger partial charge is 0.470 e. The molecule has 1 N–H and O–H groups in total. The molecule has 1 aromatic heterocycles. The number of benzene rings is 2. The number of aryl methyl sites for hydroxylation is 2. The summed E-state index contributed by atoms with van der Waals surface area (Å²) in [5.41, 5.74) is 2.43. The van der Waals surface area contributed by atoms with E-state index in [2.05, 4.69) is 30.6 Å². The van der Waals surface area contributed by atoms with Gasteiger partial charge in [0.25, 0.3) is 15.9 Å². The van der Waals surface area contributed by atoms with Crippen LogP contribution >= 0.6 is 15.9 Å². The second kappa shape index (κ2) is 8.06. The van der Waals surface area contributed by atoms with E-state index in [1.165, 1.54) is 6.20 Å². The first-order chi connectivity index (χ1) is 12.8. The lowest BCUT2D eigenvalue weighted by Gasteiger charge is -2.13. The van der Waals surface area contributed by atoms with Crippen LogP contribution in [0.25, 0.3) is 0 Å². The molecule has 0 fully saturated rings. The minimum atomic E-state index is -3.83. The predicted molar refractivity (Wildman–Crippen MR) is 107 cm³/mol. The third kappa shape index (κ3) is 4.84. The summed E-state index contributed by atoms with van der Waals surface area (Å²) in [6, 6.07) is 14.8. The lowest BCUT2D eigenvalue weighted by Crippen LogP contribution is -2.17. The number of nitrogens with one attached hydrogen (secondary N) is 1. The molecule has 0 amide bonds. The van der Waals surface area contributed by atoms with Gasteiger partial charge < -0.3 is 4.74 Å². The van der Waals surface area contributed by atoms with Crippen LogP contribution in [0.2, 0.25) is 0 Å². The van der Waals surface area contributed by atoms with Crippen molar-refractivity contribution in [2.45, 2.75) is 25.3 Å². The first-order valence-corrected chi connectivity index (χ1v) is 10.4. The number of ether oxygens (including phenoxy) is 1. The summed E-state index contributed by atoms with van der Waals surface area (Å²) in [6.07, 6.45) is 1.41. The van der Waals surface area contributed by atoms with Gasteiger partial charge in [-0.1, -0.05) is 42.5 Å². The fourth-order valence-corrected chi connectivity index (χ4v) is 4.03. The van der Waals surface area contributed by atoms with Gasteiger partial charge >= 0.3 is 0 Å². The number of sulfonamides is 1. The summed E-state index contributed by atoms with van der Waals surface area (Å²) in [6.45, 7) is 3.82. The number of aromatic nitrogens is 2. The predicted octanol–water partition coefficient (Wildman–Crippen LogP) is 4.24. The van der Waals surface area contributed by atoms with E-state index in [9.17, 15) is 8.42 Å². The Balaban J connectivity index is 1.89. The van der Waals surface area contributed by atoms with Crippen LogP contribution in [0.5, 0.6) is 5.88 Å². The fourth-order valence-electron chi connectivity index (χ4n) is 2.43. The molecule has 140 valence electrons. The molecule has 0 aliphatic heterocycles. The molecule has 8 heteroatoms. The second-order valence-corrected chi connectivity index (χ2v) is 8.46. The normalized spacial score (nSPS) is 11.2. The van der Waals surface area contributed by atoms with Crippen LogP contribution in [0, 0.1) is 13.8 Å². The molecule has 0 radical (unpaired) electrons. The zero-order valence-corrected chi connectivity index (χ0v) is 17.2. The Hall–Kier alpha value is -2.45. The molecule has 2 aromatic carbocycles. The Morgan fingerprint density at radius 3 is 2.59 bits per heavy atom. The monoisotopic (exact) mass is 447 g/mol. The molecule has 0 spiro atoms. The van der Waals surface area contributed by atoms with Gasteiger partial charge in [-0.2, -0.15) is 0 Å². The van der Waals surface area contributed by atoms with Crippen LogP contribution in [0.3, 0.4) is 0 Å². The standard InChI is InChI=1S/C19H18BrN3O3S/c1-13-8-9-14(2)16(10-13)27(24,25)23-18-19(22-17(20)11-21-18)26-12-15-6-4-3-5-7-15/h3-11H,12H2,1-2H3,(H,21,23).